The van der Waals surface area contributed by atoms with Crippen LogP contribution >= 0.6 is 0 Å². The number of anilines is 2. The first-order chi connectivity index (χ1) is 15.6. The van der Waals surface area contributed by atoms with E-state index in [0.29, 0.717) is 34.3 Å². The number of hydrogen-bond donors (Lipinski definition) is 2. The van der Waals surface area contributed by atoms with Gasteiger partial charge in [-0.2, -0.15) is 0 Å². The monoisotopic (exact) mass is 427 g/mol. The Morgan fingerprint density at radius 1 is 1.03 bits per heavy atom. The minimum atomic E-state index is 0.178. The molecule has 0 radical (unpaired) electrons. The van der Waals surface area contributed by atoms with Crippen molar-refractivity contribution < 1.29 is 4.74 Å². The van der Waals surface area contributed by atoms with E-state index in [1.54, 1.807) is 19.4 Å². The van der Waals surface area contributed by atoms with Gasteiger partial charge in [0.05, 0.1) is 41.6 Å². The molecule has 4 N–H and O–H groups in total. The summed E-state index contributed by atoms with van der Waals surface area (Å²) in [5.74, 6) is 0.530. The maximum Gasteiger partial charge on any atom is 0.213 e. The van der Waals surface area contributed by atoms with Gasteiger partial charge in [-0.1, -0.05) is 6.07 Å². The van der Waals surface area contributed by atoms with Crippen molar-refractivity contribution in [2.45, 2.75) is 18.9 Å². The van der Waals surface area contributed by atoms with Crippen LogP contribution in [0.2, 0.25) is 0 Å². The van der Waals surface area contributed by atoms with Crippen molar-refractivity contribution in [2.75, 3.05) is 30.8 Å². The standard InChI is InChI=1S/C24H25N7O/c1-32-23-6-2-5-18(29-23)19-8-7-17(26)24(30-19)20-12-16-21(13-28-20)27-10-9-22(16)31-11-3-4-15(25)14-31/h2,5-10,12-13,15H,3-4,11,14,25-26H2,1H3. The normalized spacial score (nSPS) is 16.3. The maximum absolute atomic E-state index is 6.31. The fourth-order valence-electron chi connectivity index (χ4n) is 4.16. The van der Waals surface area contributed by atoms with Crippen molar-refractivity contribution in [3.63, 3.8) is 0 Å². The molecule has 0 aromatic carbocycles. The second-order valence-electron chi connectivity index (χ2n) is 7.96. The summed E-state index contributed by atoms with van der Waals surface area (Å²) in [7, 11) is 1.59. The lowest BCUT2D eigenvalue weighted by Gasteiger charge is -2.33. The van der Waals surface area contributed by atoms with Gasteiger partial charge >= 0.3 is 0 Å². The van der Waals surface area contributed by atoms with Crippen molar-refractivity contribution in [2.24, 2.45) is 5.73 Å². The lowest BCUT2D eigenvalue weighted by molar-refractivity contribution is 0.398. The van der Waals surface area contributed by atoms with Crippen molar-refractivity contribution in [3.8, 4) is 28.7 Å². The highest BCUT2D eigenvalue weighted by atomic mass is 16.5. The summed E-state index contributed by atoms with van der Waals surface area (Å²) < 4.78 is 5.25. The quantitative estimate of drug-likeness (QED) is 0.510. The summed E-state index contributed by atoms with van der Waals surface area (Å²) in [5.41, 5.74) is 17.7. The number of rotatable bonds is 4. The highest BCUT2D eigenvalue weighted by Crippen LogP contribution is 2.32. The van der Waals surface area contributed by atoms with E-state index >= 15 is 0 Å². The van der Waals surface area contributed by atoms with Gasteiger partial charge in [0.2, 0.25) is 5.88 Å². The number of aromatic nitrogens is 4. The van der Waals surface area contributed by atoms with E-state index in [1.807, 2.05) is 42.6 Å². The van der Waals surface area contributed by atoms with Gasteiger partial charge in [-0.05, 0) is 43.2 Å². The van der Waals surface area contributed by atoms with Crippen LogP contribution in [0.4, 0.5) is 11.4 Å². The van der Waals surface area contributed by atoms with Gasteiger partial charge in [-0.3, -0.25) is 9.97 Å². The topological polar surface area (TPSA) is 116 Å². The highest BCUT2D eigenvalue weighted by molar-refractivity contribution is 5.94. The SMILES string of the molecule is COc1cccc(-c2ccc(N)c(-c3cc4c(N5CCCC(N)C5)ccnc4cn3)n2)n1. The van der Waals surface area contributed by atoms with Crippen molar-refractivity contribution in [3.05, 3.63) is 54.9 Å². The molecule has 32 heavy (non-hydrogen) atoms. The Bertz CT molecular complexity index is 1280. The van der Waals surface area contributed by atoms with E-state index in [-0.39, 0.29) is 6.04 Å². The molecule has 8 nitrogen and oxygen atoms in total. The van der Waals surface area contributed by atoms with Gasteiger partial charge in [0.25, 0.3) is 0 Å². The molecule has 1 aliphatic heterocycles. The van der Waals surface area contributed by atoms with Gasteiger partial charge in [0, 0.05) is 42.5 Å². The molecule has 0 spiro atoms. The molecule has 1 atom stereocenters. The predicted molar refractivity (Wildman–Crippen MR) is 126 cm³/mol. The van der Waals surface area contributed by atoms with Crippen molar-refractivity contribution in [1.29, 1.82) is 0 Å². The number of nitrogens with zero attached hydrogens (tertiary/aromatic N) is 5. The third kappa shape index (κ3) is 3.80. The molecule has 1 saturated heterocycles. The summed E-state index contributed by atoms with van der Waals surface area (Å²) in [6, 6.07) is 13.5. The minimum Gasteiger partial charge on any atom is -0.481 e. The van der Waals surface area contributed by atoms with Crippen LogP contribution in [0.1, 0.15) is 12.8 Å². The van der Waals surface area contributed by atoms with E-state index < -0.39 is 0 Å². The van der Waals surface area contributed by atoms with Gasteiger partial charge in [-0.25, -0.2) is 9.97 Å². The van der Waals surface area contributed by atoms with Crippen LogP contribution in [0.5, 0.6) is 5.88 Å². The van der Waals surface area contributed by atoms with Crippen LogP contribution in [-0.4, -0.2) is 46.2 Å². The van der Waals surface area contributed by atoms with E-state index in [9.17, 15) is 0 Å². The lowest BCUT2D eigenvalue weighted by atomic mass is 10.0. The second-order valence-corrected chi connectivity index (χ2v) is 7.96. The van der Waals surface area contributed by atoms with Crippen LogP contribution in [0.3, 0.4) is 0 Å². The minimum absolute atomic E-state index is 0.178. The Morgan fingerprint density at radius 3 is 2.75 bits per heavy atom. The number of piperidine rings is 1. The van der Waals surface area contributed by atoms with Gasteiger partial charge < -0.3 is 21.1 Å². The fourth-order valence-corrected chi connectivity index (χ4v) is 4.16. The van der Waals surface area contributed by atoms with Crippen LogP contribution in [-0.2, 0) is 0 Å². The Balaban J connectivity index is 1.59. The van der Waals surface area contributed by atoms with Crippen molar-refractivity contribution >= 4 is 22.3 Å². The number of nitrogen functional groups attached to an aromatic ring is 1. The molecule has 0 amide bonds. The summed E-state index contributed by atoms with van der Waals surface area (Å²) in [5, 5.41) is 1.01. The third-order valence-corrected chi connectivity index (χ3v) is 5.77. The fraction of sp³-hybridized carbons (Fsp3) is 0.250. The van der Waals surface area contributed by atoms with E-state index in [4.69, 9.17) is 21.2 Å². The van der Waals surface area contributed by atoms with Crippen molar-refractivity contribution in [1.82, 2.24) is 19.9 Å². The summed E-state index contributed by atoms with van der Waals surface area (Å²) in [6.45, 7) is 1.80. The Morgan fingerprint density at radius 2 is 1.91 bits per heavy atom. The average molecular weight is 428 g/mol. The van der Waals surface area contributed by atoms with Gasteiger partial charge in [0.15, 0.2) is 0 Å². The Hall–Kier alpha value is -3.78. The maximum atomic E-state index is 6.31. The number of methoxy groups -OCH3 is 1. The average Bonchev–Trinajstić information content (AvgIpc) is 2.83. The van der Waals surface area contributed by atoms with Crippen LogP contribution < -0.4 is 21.1 Å². The molecule has 1 aliphatic rings. The zero-order chi connectivity index (χ0) is 22.1. The Labute approximate surface area is 186 Å². The highest BCUT2D eigenvalue weighted by Gasteiger charge is 2.20. The number of fused-ring (bicyclic) bond motifs is 1. The number of pyridine rings is 4. The molecular formula is C24H25N7O. The van der Waals surface area contributed by atoms with Gasteiger partial charge in [0.1, 0.15) is 5.69 Å². The molecule has 4 aromatic heterocycles. The molecule has 4 aromatic rings. The third-order valence-electron chi connectivity index (χ3n) is 5.77. The predicted octanol–water partition coefficient (Wildman–Crippen LogP) is 3.27. The van der Waals surface area contributed by atoms with Crippen LogP contribution in [0.15, 0.2) is 54.9 Å². The molecule has 8 heteroatoms. The summed E-state index contributed by atoms with van der Waals surface area (Å²) in [6.07, 6.45) is 5.72. The summed E-state index contributed by atoms with van der Waals surface area (Å²) >= 11 is 0. The number of ether oxygens (including phenoxy) is 1. The molecular weight excluding hydrogens is 402 g/mol. The molecule has 0 bridgehead atoms. The zero-order valence-corrected chi connectivity index (χ0v) is 17.9. The van der Waals surface area contributed by atoms with E-state index in [0.717, 1.165) is 42.5 Å². The first kappa shape index (κ1) is 20.1. The molecule has 1 unspecified atom stereocenters. The number of hydrogen-bond acceptors (Lipinski definition) is 8. The van der Waals surface area contributed by atoms with Gasteiger partial charge in [-0.15, -0.1) is 0 Å². The molecule has 5 rings (SSSR count). The molecule has 1 fully saturated rings. The Kier molecular flexibility index (Phi) is 5.28. The van der Waals surface area contributed by atoms with E-state index in [1.165, 1.54) is 0 Å². The zero-order valence-electron chi connectivity index (χ0n) is 17.9. The first-order valence-electron chi connectivity index (χ1n) is 10.7. The molecule has 5 heterocycles. The molecule has 162 valence electrons. The largest absolute Gasteiger partial charge is 0.481 e. The smallest absolute Gasteiger partial charge is 0.213 e. The summed E-state index contributed by atoms with van der Waals surface area (Å²) in [4.78, 5) is 20.7. The van der Waals surface area contributed by atoms with E-state index in [2.05, 4.69) is 19.9 Å². The van der Waals surface area contributed by atoms with Crippen LogP contribution in [0.25, 0.3) is 33.7 Å². The second kappa shape index (κ2) is 8.39. The lowest BCUT2D eigenvalue weighted by Crippen LogP contribution is -2.42. The molecule has 0 aliphatic carbocycles. The molecule has 0 saturated carbocycles. The first-order valence-corrected chi connectivity index (χ1v) is 10.7. The number of nitrogens with two attached hydrogens (primary N) is 2. The van der Waals surface area contributed by atoms with Crippen LogP contribution in [0, 0.1) is 0 Å².